The fourth-order valence-corrected chi connectivity index (χ4v) is 3.53. The average Bonchev–Trinajstić information content (AvgIpc) is 2.52. The minimum absolute atomic E-state index is 0.0294. The van der Waals surface area contributed by atoms with Crippen LogP contribution in [0.4, 0.5) is 0 Å². The molecule has 0 bridgehead atoms. The van der Waals surface area contributed by atoms with Crippen LogP contribution in [-0.4, -0.2) is 25.8 Å². The standard InChI is InChI=1S/C17H18N2O3S/c1-12-8-15(10-16(9-12)23(18,21)22)17(20)19-7-6-13-4-2-3-5-14(13)11-19/h2-5,8-10H,6-7,11H2,1H3,(H2,18,21,22). The SMILES string of the molecule is Cc1cc(C(=O)N2CCc3ccccc3C2)cc(S(N)(=O)=O)c1. The highest BCUT2D eigenvalue weighted by atomic mass is 32.2. The molecule has 0 atom stereocenters. The van der Waals surface area contributed by atoms with Gasteiger partial charge >= 0.3 is 0 Å². The van der Waals surface area contributed by atoms with Gasteiger partial charge in [-0.15, -0.1) is 0 Å². The molecule has 23 heavy (non-hydrogen) atoms. The number of nitrogens with zero attached hydrogens (tertiary/aromatic N) is 1. The summed E-state index contributed by atoms with van der Waals surface area (Å²) < 4.78 is 23.1. The summed E-state index contributed by atoms with van der Waals surface area (Å²) >= 11 is 0. The maximum atomic E-state index is 12.7. The van der Waals surface area contributed by atoms with Crippen LogP contribution in [0, 0.1) is 6.92 Å². The van der Waals surface area contributed by atoms with E-state index in [9.17, 15) is 13.2 Å². The molecule has 120 valence electrons. The van der Waals surface area contributed by atoms with Gasteiger partial charge in [0.2, 0.25) is 10.0 Å². The van der Waals surface area contributed by atoms with Crippen LogP contribution >= 0.6 is 0 Å². The number of benzene rings is 2. The summed E-state index contributed by atoms with van der Waals surface area (Å²) in [5.41, 5.74) is 3.43. The number of nitrogens with two attached hydrogens (primary N) is 1. The molecule has 0 fully saturated rings. The summed E-state index contributed by atoms with van der Waals surface area (Å²) in [6.45, 7) is 2.90. The Labute approximate surface area is 135 Å². The van der Waals surface area contributed by atoms with Crippen molar-refractivity contribution in [3.05, 3.63) is 64.7 Å². The van der Waals surface area contributed by atoms with Crippen LogP contribution in [0.5, 0.6) is 0 Å². The summed E-state index contributed by atoms with van der Waals surface area (Å²) in [4.78, 5) is 14.4. The van der Waals surface area contributed by atoms with Gasteiger partial charge in [0.25, 0.3) is 5.91 Å². The van der Waals surface area contributed by atoms with Gasteiger partial charge in [0, 0.05) is 18.7 Å². The van der Waals surface area contributed by atoms with Crippen molar-refractivity contribution in [1.29, 1.82) is 0 Å². The summed E-state index contributed by atoms with van der Waals surface area (Å²) in [7, 11) is -3.83. The minimum Gasteiger partial charge on any atom is -0.334 e. The fourth-order valence-electron chi connectivity index (χ4n) is 2.89. The van der Waals surface area contributed by atoms with Crippen LogP contribution in [0.25, 0.3) is 0 Å². The zero-order valence-corrected chi connectivity index (χ0v) is 13.6. The third-order valence-electron chi connectivity index (χ3n) is 4.04. The van der Waals surface area contributed by atoms with E-state index in [-0.39, 0.29) is 10.8 Å². The smallest absolute Gasteiger partial charge is 0.254 e. The Bertz CT molecular complexity index is 875. The number of carbonyl (C=O) groups excluding carboxylic acids is 1. The summed E-state index contributed by atoms with van der Waals surface area (Å²) in [5, 5.41) is 5.18. The number of amides is 1. The molecule has 2 aromatic carbocycles. The molecule has 2 N–H and O–H groups in total. The second kappa shape index (κ2) is 5.79. The van der Waals surface area contributed by atoms with Crippen LogP contribution in [0.3, 0.4) is 0 Å². The van der Waals surface area contributed by atoms with E-state index < -0.39 is 10.0 Å². The maximum Gasteiger partial charge on any atom is 0.254 e. The quantitative estimate of drug-likeness (QED) is 0.912. The molecule has 1 heterocycles. The van der Waals surface area contributed by atoms with Gasteiger partial charge in [-0.25, -0.2) is 13.6 Å². The van der Waals surface area contributed by atoms with Crippen LogP contribution in [0.15, 0.2) is 47.4 Å². The summed E-state index contributed by atoms with van der Waals surface area (Å²) in [5.74, 6) is -0.173. The Morgan fingerprint density at radius 1 is 1.13 bits per heavy atom. The molecule has 0 spiro atoms. The lowest BCUT2D eigenvalue weighted by Gasteiger charge is -2.29. The normalized spacial score (nSPS) is 14.4. The number of carbonyl (C=O) groups is 1. The first-order chi connectivity index (χ1) is 10.8. The van der Waals surface area contributed by atoms with E-state index in [2.05, 4.69) is 6.07 Å². The third kappa shape index (κ3) is 3.28. The molecule has 2 aromatic rings. The van der Waals surface area contributed by atoms with Gasteiger partial charge in [-0.05, 0) is 48.2 Å². The Kier molecular flexibility index (Phi) is 3.95. The molecule has 5 nitrogen and oxygen atoms in total. The van der Waals surface area contributed by atoms with Gasteiger partial charge in [0.1, 0.15) is 0 Å². The molecule has 1 aliphatic rings. The molecule has 0 unspecified atom stereocenters. The Morgan fingerprint density at radius 2 is 1.83 bits per heavy atom. The van der Waals surface area contributed by atoms with Gasteiger partial charge in [0.05, 0.1) is 4.90 Å². The van der Waals surface area contributed by atoms with E-state index >= 15 is 0 Å². The minimum atomic E-state index is -3.83. The molecule has 6 heteroatoms. The van der Waals surface area contributed by atoms with Crippen LogP contribution < -0.4 is 5.14 Å². The monoisotopic (exact) mass is 330 g/mol. The molecule has 0 aliphatic carbocycles. The molecule has 1 amide bonds. The predicted molar refractivity (Wildman–Crippen MR) is 87.4 cm³/mol. The molecular formula is C17H18N2O3S. The zero-order valence-electron chi connectivity index (χ0n) is 12.8. The molecule has 3 rings (SSSR count). The van der Waals surface area contributed by atoms with E-state index in [1.165, 1.54) is 17.7 Å². The first-order valence-electron chi connectivity index (χ1n) is 7.35. The van der Waals surface area contributed by atoms with Crippen LogP contribution in [-0.2, 0) is 23.0 Å². The van der Waals surface area contributed by atoms with E-state index in [0.29, 0.717) is 24.2 Å². The lowest BCUT2D eigenvalue weighted by atomic mass is 9.99. The number of primary sulfonamides is 1. The lowest BCUT2D eigenvalue weighted by molar-refractivity contribution is 0.0734. The van der Waals surface area contributed by atoms with Crippen molar-refractivity contribution < 1.29 is 13.2 Å². The third-order valence-corrected chi connectivity index (χ3v) is 4.94. The topological polar surface area (TPSA) is 80.5 Å². The number of rotatable bonds is 2. The van der Waals surface area contributed by atoms with Crippen molar-refractivity contribution in [2.24, 2.45) is 5.14 Å². The highest BCUT2D eigenvalue weighted by Crippen LogP contribution is 2.22. The number of hydrogen-bond acceptors (Lipinski definition) is 3. The summed E-state index contributed by atoms with van der Waals surface area (Å²) in [6.07, 6.45) is 0.801. The first-order valence-corrected chi connectivity index (χ1v) is 8.90. The van der Waals surface area contributed by atoms with Crippen molar-refractivity contribution in [1.82, 2.24) is 4.90 Å². The van der Waals surface area contributed by atoms with Gasteiger partial charge in [-0.2, -0.15) is 0 Å². The first kappa shape index (κ1) is 15.7. The second-order valence-electron chi connectivity index (χ2n) is 5.83. The molecule has 0 saturated carbocycles. The highest BCUT2D eigenvalue weighted by molar-refractivity contribution is 7.89. The van der Waals surface area contributed by atoms with Crippen molar-refractivity contribution in [2.45, 2.75) is 24.8 Å². The average molecular weight is 330 g/mol. The van der Waals surface area contributed by atoms with Gasteiger partial charge in [-0.3, -0.25) is 4.79 Å². The fraction of sp³-hybridized carbons (Fsp3) is 0.235. The van der Waals surface area contributed by atoms with E-state index in [1.807, 2.05) is 18.2 Å². The zero-order chi connectivity index (χ0) is 16.6. The van der Waals surface area contributed by atoms with Crippen LogP contribution in [0.1, 0.15) is 27.0 Å². The summed E-state index contributed by atoms with van der Waals surface area (Å²) in [6, 6.07) is 12.6. The lowest BCUT2D eigenvalue weighted by Crippen LogP contribution is -2.36. The molecule has 1 aliphatic heterocycles. The number of aryl methyl sites for hydroxylation is 1. The van der Waals surface area contributed by atoms with Crippen molar-refractivity contribution in [2.75, 3.05) is 6.54 Å². The Morgan fingerprint density at radius 3 is 2.52 bits per heavy atom. The molecular weight excluding hydrogens is 312 g/mol. The molecule has 0 radical (unpaired) electrons. The van der Waals surface area contributed by atoms with Gasteiger partial charge < -0.3 is 4.90 Å². The van der Waals surface area contributed by atoms with E-state index in [1.54, 1.807) is 17.9 Å². The largest absolute Gasteiger partial charge is 0.334 e. The number of hydrogen-bond donors (Lipinski definition) is 1. The van der Waals surface area contributed by atoms with Crippen molar-refractivity contribution in [3.63, 3.8) is 0 Å². The van der Waals surface area contributed by atoms with E-state index in [4.69, 9.17) is 5.14 Å². The van der Waals surface area contributed by atoms with E-state index in [0.717, 1.165) is 12.0 Å². The Hall–Kier alpha value is -2.18. The highest BCUT2D eigenvalue weighted by Gasteiger charge is 2.23. The van der Waals surface area contributed by atoms with Crippen molar-refractivity contribution in [3.8, 4) is 0 Å². The Balaban J connectivity index is 1.91. The second-order valence-corrected chi connectivity index (χ2v) is 7.39. The number of fused-ring (bicyclic) bond motifs is 1. The van der Waals surface area contributed by atoms with Crippen LogP contribution in [0.2, 0.25) is 0 Å². The molecule has 0 saturated heterocycles. The number of sulfonamides is 1. The molecule has 0 aromatic heterocycles. The van der Waals surface area contributed by atoms with Crippen molar-refractivity contribution >= 4 is 15.9 Å². The predicted octanol–water partition coefficient (Wildman–Crippen LogP) is 1.84. The maximum absolute atomic E-state index is 12.7. The van der Waals surface area contributed by atoms with Gasteiger partial charge in [-0.1, -0.05) is 24.3 Å². The van der Waals surface area contributed by atoms with Gasteiger partial charge in [0.15, 0.2) is 0 Å².